The standard InChI is InChI=1S/C24H19BrN2O2/c1-15-10-11-22(20(25)12-15)27-24(28)19-14-23(16-6-5-7-17(13-16)29-2)26-21-9-4-3-8-18(19)21/h3-14H,1-2H3,(H,27,28). The van der Waals surface area contributed by atoms with Crippen LogP contribution in [0.1, 0.15) is 15.9 Å². The smallest absolute Gasteiger partial charge is 0.256 e. The van der Waals surface area contributed by atoms with E-state index in [9.17, 15) is 4.79 Å². The fourth-order valence-electron chi connectivity index (χ4n) is 3.20. The number of aryl methyl sites for hydroxylation is 1. The number of halogens is 1. The third-order valence-corrected chi connectivity index (χ3v) is 5.36. The number of nitrogens with zero attached hydrogens (tertiary/aromatic N) is 1. The summed E-state index contributed by atoms with van der Waals surface area (Å²) >= 11 is 3.52. The highest BCUT2D eigenvalue weighted by Gasteiger charge is 2.15. The van der Waals surface area contributed by atoms with Crippen molar-refractivity contribution >= 4 is 38.4 Å². The molecule has 0 saturated carbocycles. The number of rotatable bonds is 4. The van der Waals surface area contributed by atoms with E-state index in [2.05, 4.69) is 21.2 Å². The second kappa shape index (κ2) is 8.05. The van der Waals surface area contributed by atoms with Gasteiger partial charge in [0.2, 0.25) is 0 Å². The molecule has 4 aromatic rings. The van der Waals surface area contributed by atoms with Crippen molar-refractivity contribution in [1.29, 1.82) is 0 Å². The zero-order valence-corrected chi connectivity index (χ0v) is 17.7. The monoisotopic (exact) mass is 446 g/mol. The Labute approximate surface area is 177 Å². The van der Waals surface area contributed by atoms with Gasteiger partial charge in [-0.05, 0) is 64.8 Å². The SMILES string of the molecule is COc1cccc(-c2cc(C(=O)Nc3ccc(C)cc3Br)c3ccccc3n2)c1. The van der Waals surface area contributed by atoms with Crippen LogP contribution in [0.4, 0.5) is 5.69 Å². The predicted molar refractivity (Wildman–Crippen MR) is 121 cm³/mol. The van der Waals surface area contributed by atoms with Crippen molar-refractivity contribution in [2.45, 2.75) is 6.92 Å². The Morgan fingerprint density at radius 1 is 1.00 bits per heavy atom. The van der Waals surface area contributed by atoms with E-state index in [1.807, 2.05) is 79.7 Å². The number of methoxy groups -OCH3 is 1. The summed E-state index contributed by atoms with van der Waals surface area (Å²) in [5.41, 5.74) is 4.78. The van der Waals surface area contributed by atoms with Gasteiger partial charge in [-0.3, -0.25) is 4.79 Å². The van der Waals surface area contributed by atoms with Gasteiger partial charge in [-0.2, -0.15) is 0 Å². The molecule has 0 fully saturated rings. The Hall–Kier alpha value is -3.18. The average Bonchev–Trinajstić information content (AvgIpc) is 2.75. The van der Waals surface area contributed by atoms with Gasteiger partial charge in [0.15, 0.2) is 0 Å². The Balaban J connectivity index is 1.81. The number of carbonyl (C=O) groups excluding carboxylic acids is 1. The Morgan fingerprint density at radius 2 is 1.83 bits per heavy atom. The molecule has 0 aliphatic rings. The zero-order valence-electron chi connectivity index (χ0n) is 16.1. The number of para-hydroxylation sites is 1. The molecule has 29 heavy (non-hydrogen) atoms. The summed E-state index contributed by atoms with van der Waals surface area (Å²) < 4.78 is 6.18. The van der Waals surface area contributed by atoms with Gasteiger partial charge in [0.1, 0.15) is 5.75 Å². The first-order valence-corrected chi connectivity index (χ1v) is 9.96. The highest BCUT2D eigenvalue weighted by atomic mass is 79.9. The summed E-state index contributed by atoms with van der Waals surface area (Å²) in [6.07, 6.45) is 0. The van der Waals surface area contributed by atoms with Crippen molar-refractivity contribution in [2.24, 2.45) is 0 Å². The van der Waals surface area contributed by atoms with Crippen molar-refractivity contribution in [3.05, 3.63) is 88.4 Å². The van der Waals surface area contributed by atoms with Gasteiger partial charge >= 0.3 is 0 Å². The minimum atomic E-state index is -0.183. The lowest BCUT2D eigenvalue weighted by Gasteiger charge is -2.12. The van der Waals surface area contributed by atoms with E-state index in [1.165, 1.54) is 0 Å². The number of amides is 1. The van der Waals surface area contributed by atoms with Crippen molar-refractivity contribution in [3.8, 4) is 17.0 Å². The lowest BCUT2D eigenvalue weighted by Crippen LogP contribution is -2.13. The molecule has 0 atom stereocenters. The van der Waals surface area contributed by atoms with Crippen molar-refractivity contribution < 1.29 is 9.53 Å². The second-order valence-corrected chi connectivity index (χ2v) is 7.60. The van der Waals surface area contributed by atoms with Crippen LogP contribution < -0.4 is 10.1 Å². The fourth-order valence-corrected chi connectivity index (χ4v) is 3.80. The lowest BCUT2D eigenvalue weighted by atomic mass is 10.0. The predicted octanol–water partition coefficient (Wildman–Crippen LogP) is 6.23. The fraction of sp³-hybridized carbons (Fsp3) is 0.0833. The number of carbonyl (C=O) groups is 1. The van der Waals surface area contributed by atoms with Crippen molar-refractivity contribution in [2.75, 3.05) is 12.4 Å². The second-order valence-electron chi connectivity index (χ2n) is 6.74. The summed E-state index contributed by atoms with van der Waals surface area (Å²) in [6, 6.07) is 23.0. The lowest BCUT2D eigenvalue weighted by molar-refractivity contribution is 0.102. The van der Waals surface area contributed by atoms with E-state index < -0.39 is 0 Å². The summed E-state index contributed by atoms with van der Waals surface area (Å²) in [5.74, 6) is 0.560. The molecule has 1 heterocycles. The van der Waals surface area contributed by atoms with Crippen LogP contribution in [0.25, 0.3) is 22.2 Å². The van der Waals surface area contributed by atoms with Crippen LogP contribution >= 0.6 is 15.9 Å². The molecular formula is C24H19BrN2O2. The molecule has 1 N–H and O–H groups in total. The largest absolute Gasteiger partial charge is 0.497 e. The highest BCUT2D eigenvalue weighted by molar-refractivity contribution is 9.10. The third kappa shape index (κ3) is 4.00. The van der Waals surface area contributed by atoms with Crippen LogP contribution in [0.2, 0.25) is 0 Å². The molecule has 1 amide bonds. The molecule has 0 aliphatic heterocycles. The number of benzene rings is 3. The van der Waals surface area contributed by atoms with Gasteiger partial charge in [0, 0.05) is 15.4 Å². The van der Waals surface area contributed by atoms with Gasteiger partial charge in [0.25, 0.3) is 5.91 Å². The molecule has 0 unspecified atom stereocenters. The van der Waals surface area contributed by atoms with Crippen LogP contribution in [0.15, 0.2) is 77.3 Å². The van der Waals surface area contributed by atoms with E-state index in [-0.39, 0.29) is 5.91 Å². The van der Waals surface area contributed by atoms with Crippen molar-refractivity contribution in [3.63, 3.8) is 0 Å². The minimum Gasteiger partial charge on any atom is -0.497 e. The highest BCUT2D eigenvalue weighted by Crippen LogP contribution is 2.29. The Morgan fingerprint density at radius 3 is 2.62 bits per heavy atom. The zero-order chi connectivity index (χ0) is 20.4. The molecule has 4 rings (SSSR count). The molecule has 0 radical (unpaired) electrons. The molecule has 4 nitrogen and oxygen atoms in total. The van der Waals surface area contributed by atoms with Gasteiger partial charge in [0.05, 0.1) is 29.6 Å². The molecule has 144 valence electrons. The molecule has 3 aromatic carbocycles. The van der Waals surface area contributed by atoms with Gasteiger partial charge in [-0.15, -0.1) is 0 Å². The molecular weight excluding hydrogens is 428 g/mol. The number of fused-ring (bicyclic) bond motifs is 1. The first-order chi connectivity index (χ1) is 14.0. The third-order valence-electron chi connectivity index (χ3n) is 4.70. The van der Waals surface area contributed by atoms with E-state index >= 15 is 0 Å². The van der Waals surface area contributed by atoms with Crippen LogP contribution in [0, 0.1) is 6.92 Å². The maximum atomic E-state index is 13.2. The molecule has 0 spiro atoms. The van der Waals surface area contributed by atoms with Crippen molar-refractivity contribution in [1.82, 2.24) is 4.98 Å². The number of pyridine rings is 1. The molecule has 1 aromatic heterocycles. The number of anilines is 1. The minimum absolute atomic E-state index is 0.183. The van der Waals surface area contributed by atoms with Gasteiger partial charge in [-0.25, -0.2) is 4.98 Å². The van der Waals surface area contributed by atoms with Crippen LogP contribution in [0.3, 0.4) is 0 Å². The van der Waals surface area contributed by atoms with Crippen LogP contribution in [0.5, 0.6) is 5.75 Å². The molecule has 0 saturated heterocycles. The maximum Gasteiger partial charge on any atom is 0.256 e. The van der Waals surface area contributed by atoms with Crippen LogP contribution in [-0.2, 0) is 0 Å². The summed E-state index contributed by atoms with van der Waals surface area (Å²) in [6.45, 7) is 2.01. The number of hydrogen-bond donors (Lipinski definition) is 1. The number of nitrogens with one attached hydrogen (secondary N) is 1. The normalized spacial score (nSPS) is 10.7. The van der Waals surface area contributed by atoms with E-state index in [0.29, 0.717) is 5.56 Å². The number of hydrogen-bond acceptors (Lipinski definition) is 3. The van der Waals surface area contributed by atoms with E-state index in [0.717, 1.165) is 43.6 Å². The van der Waals surface area contributed by atoms with Gasteiger partial charge in [-0.1, -0.05) is 36.4 Å². The summed E-state index contributed by atoms with van der Waals surface area (Å²) in [7, 11) is 1.63. The number of ether oxygens (including phenoxy) is 1. The Kier molecular flexibility index (Phi) is 5.32. The average molecular weight is 447 g/mol. The molecule has 0 aliphatic carbocycles. The quantitative estimate of drug-likeness (QED) is 0.403. The number of aromatic nitrogens is 1. The van der Waals surface area contributed by atoms with Gasteiger partial charge < -0.3 is 10.1 Å². The summed E-state index contributed by atoms with van der Waals surface area (Å²) in [4.78, 5) is 17.9. The molecule has 5 heteroatoms. The molecule has 0 bridgehead atoms. The Bertz CT molecular complexity index is 1220. The topological polar surface area (TPSA) is 51.2 Å². The first-order valence-electron chi connectivity index (χ1n) is 9.17. The summed E-state index contributed by atoms with van der Waals surface area (Å²) in [5, 5.41) is 3.81. The first kappa shape index (κ1) is 19.2. The van der Waals surface area contributed by atoms with Crippen LogP contribution in [-0.4, -0.2) is 18.0 Å². The van der Waals surface area contributed by atoms with E-state index in [1.54, 1.807) is 7.11 Å². The maximum absolute atomic E-state index is 13.2. The van der Waals surface area contributed by atoms with E-state index in [4.69, 9.17) is 9.72 Å².